The number of nitrogens with zero attached hydrogens (tertiary/aromatic N) is 4. The number of aromatic nitrogens is 2. The molecule has 120 valence electrons. The van der Waals surface area contributed by atoms with E-state index in [1.54, 1.807) is 0 Å². The van der Waals surface area contributed by atoms with Crippen LogP contribution in [0, 0.1) is 13.8 Å². The molecule has 0 aliphatic carbocycles. The fourth-order valence-corrected chi connectivity index (χ4v) is 3.19. The van der Waals surface area contributed by atoms with Crippen LogP contribution in [-0.2, 0) is 9.53 Å². The Morgan fingerprint density at radius 2 is 2.05 bits per heavy atom. The minimum Gasteiger partial charge on any atom is -0.369 e. The topological polar surface area (TPSA) is 58.6 Å². The summed E-state index contributed by atoms with van der Waals surface area (Å²) in [4.78, 5) is 25.2. The van der Waals surface area contributed by atoms with Crippen LogP contribution in [0.1, 0.15) is 36.2 Å². The molecule has 2 aliphatic rings. The van der Waals surface area contributed by atoms with Crippen molar-refractivity contribution in [2.24, 2.45) is 0 Å². The van der Waals surface area contributed by atoms with Gasteiger partial charge in [-0.2, -0.15) is 0 Å². The first-order valence-corrected chi connectivity index (χ1v) is 8.06. The third-order valence-corrected chi connectivity index (χ3v) is 4.28. The lowest BCUT2D eigenvalue weighted by molar-refractivity contribution is -0.133. The van der Waals surface area contributed by atoms with Crippen molar-refractivity contribution in [1.29, 1.82) is 0 Å². The summed E-state index contributed by atoms with van der Waals surface area (Å²) in [5.74, 6) is 1.01. The number of likely N-dealkylation sites (tertiary alicyclic amines) is 1. The number of carbonyl (C=O) groups excluding carboxylic acids is 1. The molecule has 1 aromatic rings. The number of amides is 1. The van der Waals surface area contributed by atoms with Crippen LogP contribution in [0.5, 0.6) is 0 Å². The van der Waals surface area contributed by atoms with Crippen LogP contribution in [-0.4, -0.2) is 65.0 Å². The molecular formula is C16H24N4O2. The molecule has 22 heavy (non-hydrogen) atoms. The molecule has 6 heteroatoms. The first kappa shape index (κ1) is 15.4. The Hall–Kier alpha value is -1.53. The minimum atomic E-state index is -0.0690. The zero-order valence-electron chi connectivity index (χ0n) is 13.4. The summed E-state index contributed by atoms with van der Waals surface area (Å²) in [7, 11) is 0. The maximum atomic E-state index is 12.3. The highest BCUT2D eigenvalue weighted by Gasteiger charge is 2.27. The van der Waals surface area contributed by atoms with Crippen molar-refractivity contribution in [2.75, 3.05) is 39.3 Å². The van der Waals surface area contributed by atoms with Crippen molar-refractivity contribution in [3.63, 3.8) is 0 Å². The molecule has 0 saturated carbocycles. The maximum Gasteiger partial charge on any atom is 0.236 e. The van der Waals surface area contributed by atoms with Gasteiger partial charge >= 0.3 is 0 Å². The van der Waals surface area contributed by atoms with E-state index in [0.717, 1.165) is 56.2 Å². The summed E-state index contributed by atoms with van der Waals surface area (Å²) < 4.78 is 5.85. The first-order chi connectivity index (χ1) is 10.6. The van der Waals surface area contributed by atoms with Gasteiger partial charge in [-0.05, 0) is 32.8 Å². The molecule has 0 aromatic carbocycles. The average molecular weight is 304 g/mol. The highest BCUT2D eigenvalue weighted by atomic mass is 16.5. The van der Waals surface area contributed by atoms with Gasteiger partial charge in [-0.3, -0.25) is 9.69 Å². The Balaban J connectivity index is 1.62. The van der Waals surface area contributed by atoms with Crippen LogP contribution in [0.25, 0.3) is 0 Å². The van der Waals surface area contributed by atoms with E-state index < -0.39 is 0 Å². The van der Waals surface area contributed by atoms with Gasteiger partial charge in [0.2, 0.25) is 5.91 Å². The number of ether oxygens (including phenoxy) is 1. The molecule has 0 radical (unpaired) electrons. The largest absolute Gasteiger partial charge is 0.369 e. The van der Waals surface area contributed by atoms with Gasteiger partial charge in [0.1, 0.15) is 11.9 Å². The molecule has 3 heterocycles. The Kier molecular flexibility index (Phi) is 4.69. The van der Waals surface area contributed by atoms with Crippen LogP contribution in [0.3, 0.4) is 0 Å². The number of carbonyl (C=O) groups is 1. The highest BCUT2D eigenvalue weighted by Crippen LogP contribution is 2.21. The summed E-state index contributed by atoms with van der Waals surface area (Å²) in [5.41, 5.74) is 1.87. The third-order valence-electron chi connectivity index (χ3n) is 4.28. The van der Waals surface area contributed by atoms with Crippen molar-refractivity contribution in [3.8, 4) is 0 Å². The van der Waals surface area contributed by atoms with Gasteiger partial charge in [-0.15, -0.1) is 0 Å². The summed E-state index contributed by atoms with van der Waals surface area (Å²) >= 11 is 0. The van der Waals surface area contributed by atoms with E-state index in [-0.39, 0.29) is 12.0 Å². The lowest BCUT2D eigenvalue weighted by Gasteiger charge is -2.33. The number of rotatable bonds is 3. The van der Waals surface area contributed by atoms with E-state index in [2.05, 4.69) is 14.9 Å². The van der Waals surface area contributed by atoms with Gasteiger partial charge in [-0.1, -0.05) is 0 Å². The second-order valence-electron chi connectivity index (χ2n) is 6.16. The number of morpholine rings is 1. The van der Waals surface area contributed by atoms with Crippen LogP contribution in [0.15, 0.2) is 6.07 Å². The van der Waals surface area contributed by atoms with E-state index >= 15 is 0 Å². The number of hydrogen-bond acceptors (Lipinski definition) is 5. The monoisotopic (exact) mass is 304 g/mol. The molecule has 1 amide bonds. The molecule has 2 aliphatic heterocycles. The fourth-order valence-electron chi connectivity index (χ4n) is 3.19. The van der Waals surface area contributed by atoms with Gasteiger partial charge in [0, 0.05) is 31.9 Å². The Morgan fingerprint density at radius 3 is 2.77 bits per heavy atom. The van der Waals surface area contributed by atoms with E-state index in [4.69, 9.17) is 4.74 Å². The van der Waals surface area contributed by atoms with Crippen molar-refractivity contribution in [1.82, 2.24) is 19.8 Å². The smallest absolute Gasteiger partial charge is 0.236 e. The lowest BCUT2D eigenvalue weighted by atomic mass is 10.1. The molecule has 2 fully saturated rings. The minimum absolute atomic E-state index is 0.0690. The summed E-state index contributed by atoms with van der Waals surface area (Å²) in [5, 5.41) is 0. The third kappa shape index (κ3) is 3.62. The van der Waals surface area contributed by atoms with Crippen LogP contribution in [0.4, 0.5) is 0 Å². The predicted molar refractivity (Wildman–Crippen MR) is 82.5 cm³/mol. The fraction of sp³-hybridized carbons (Fsp3) is 0.688. The highest BCUT2D eigenvalue weighted by molar-refractivity contribution is 5.78. The predicted octanol–water partition coefficient (Wildman–Crippen LogP) is 1.09. The summed E-state index contributed by atoms with van der Waals surface area (Å²) in [6, 6.07) is 1.98. The molecule has 6 nitrogen and oxygen atoms in total. The molecule has 0 unspecified atom stereocenters. The van der Waals surface area contributed by atoms with Gasteiger partial charge < -0.3 is 9.64 Å². The number of hydrogen-bond donors (Lipinski definition) is 0. The van der Waals surface area contributed by atoms with E-state index in [1.165, 1.54) is 0 Å². The van der Waals surface area contributed by atoms with Crippen LogP contribution < -0.4 is 0 Å². The molecule has 0 N–H and O–H groups in total. The van der Waals surface area contributed by atoms with E-state index in [0.29, 0.717) is 13.2 Å². The number of aryl methyl sites for hydroxylation is 2. The van der Waals surface area contributed by atoms with Crippen molar-refractivity contribution < 1.29 is 9.53 Å². The first-order valence-electron chi connectivity index (χ1n) is 8.06. The second-order valence-corrected chi connectivity index (χ2v) is 6.16. The zero-order valence-corrected chi connectivity index (χ0v) is 13.4. The normalized spacial score (nSPS) is 23.0. The molecular weight excluding hydrogens is 280 g/mol. The Labute approximate surface area is 131 Å². The SMILES string of the molecule is Cc1cc([C@H]2CN(CC(=O)N3CCCC3)CCO2)nc(C)n1. The van der Waals surface area contributed by atoms with E-state index in [9.17, 15) is 4.79 Å². The quantitative estimate of drug-likeness (QED) is 0.836. The molecule has 2 saturated heterocycles. The second kappa shape index (κ2) is 6.71. The van der Waals surface area contributed by atoms with Gasteiger partial charge in [0.25, 0.3) is 0 Å². The van der Waals surface area contributed by atoms with Crippen LogP contribution >= 0.6 is 0 Å². The Morgan fingerprint density at radius 1 is 1.27 bits per heavy atom. The summed E-state index contributed by atoms with van der Waals surface area (Å²) in [6.07, 6.45) is 2.20. The molecule has 3 rings (SSSR count). The lowest BCUT2D eigenvalue weighted by Crippen LogP contribution is -2.45. The molecule has 1 aromatic heterocycles. The molecule has 1 atom stereocenters. The van der Waals surface area contributed by atoms with Gasteiger partial charge in [0.15, 0.2) is 0 Å². The van der Waals surface area contributed by atoms with Crippen molar-refractivity contribution >= 4 is 5.91 Å². The van der Waals surface area contributed by atoms with Crippen LogP contribution in [0.2, 0.25) is 0 Å². The molecule has 0 spiro atoms. The summed E-state index contributed by atoms with van der Waals surface area (Å²) in [6.45, 7) is 8.34. The van der Waals surface area contributed by atoms with Crippen molar-refractivity contribution in [2.45, 2.75) is 32.8 Å². The van der Waals surface area contributed by atoms with E-state index in [1.807, 2.05) is 24.8 Å². The maximum absolute atomic E-state index is 12.3. The standard InChI is InChI=1S/C16H24N4O2/c1-12-9-14(18-13(2)17-12)15-10-19(7-8-22-15)11-16(21)20-5-3-4-6-20/h9,15H,3-8,10-11H2,1-2H3/t15-/m1/s1. The Bertz CT molecular complexity index is 523. The average Bonchev–Trinajstić information content (AvgIpc) is 3.01. The van der Waals surface area contributed by atoms with Gasteiger partial charge in [0.05, 0.1) is 18.8 Å². The van der Waals surface area contributed by atoms with Crippen molar-refractivity contribution in [3.05, 3.63) is 23.3 Å². The van der Waals surface area contributed by atoms with Gasteiger partial charge in [-0.25, -0.2) is 9.97 Å². The zero-order chi connectivity index (χ0) is 15.5. The molecule has 0 bridgehead atoms.